The molecule has 0 spiro atoms. The van der Waals surface area contributed by atoms with Gasteiger partial charge in [0, 0.05) is 61.5 Å². The maximum absolute atomic E-state index is 6.68. The summed E-state index contributed by atoms with van der Waals surface area (Å²) in [6.07, 6.45) is 19.3. The number of rotatable bonds is 48. The Morgan fingerprint density at radius 1 is 0.351 bits per heavy atom. The number of alkyl halides is 8. The highest BCUT2D eigenvalue weighted by atomic mass is 127. The van der Waals surface area contributed by atoms with Gasteiger partial charge in [-0.1, -0.05) is 184 Å². The standard InChI is InChI=1S/C36H69B3I8O10/c40-21-7-1-2-12-28-48-35(55-37(49-33-17-26-45)50-34-18-27-46)19-5-6-20-36(47,57-39(53-31-15-10-24-43)54-32-16-11-25-44)56-38(51-29-13-3-8-22-41)52-30-14-4-9-23-42/h35H,1-34H2. The van der Waals surface area contributed by atoms with E-state index >= 15 is 0 Å². The molecule has 0 aliphatic heterocycles. The second-order valence-electron chi connectivity index (χ2n) is 13.1. The topological polar surface area (TPSA) is 92.3 Å². The lowest BCUT2D eigenvalue weighted by molar-refractivity contribution is -0.117. The van der Waals surface area contributed by atoms with Gasteiger partial charge in [-0.15, -0.1) is 0 Å². The minimum Gasteiger partial charge on any atom is -0.386 e. The molecule has 0 rings (SSSR count). The second-order valence-corrected chi connectivity index (χ2v) is 22.3. The third-order valence-electron chi connectivity index (χ3n) is 8.00. The quantitative estimate of drug-likeness (QED) is 0.0193. The van der Waals surface area contributed by atoms with E-state index in [1.54, 1.807) is 0 Å². The average Bonchev–Trinajstić information content (AvgIpc) is 3.20. The Bertz CT molecular complexity index is 787. The van der Waals surface area contributed by atoms with Gasteiger partial charge in [0.2, 0.25) is 3.79 Å². The van der Waals surface area contributed by atoms with Gasteiger partial charge in [-0.25, -0.2) is 0 Å². The molecule has 0 aromatic heterocycles. The van der Waals surface area contributed by atoms with E-state index in [0.29, 0.717) is 59.1 Å². The Hall–Kier alpha value is 5.63. The van der Waals surface area contributed by atoms with Crippen LogP contribution in [0, 0.1) is 0 Å². The first-order valence-corrected chi connectivity index (χ1v) is 32.6. The maximum Gasteiger partial charge on any atom is 0.642 e. The van der Waals surface area contributed by atoms with Crippen LogP contribution in [-0.2, 0) is 46.6 Å². The lowest BCUT2D eigenvalue weighted by Gasteiger charge is -2.33. The maximum atomic E-state index is 6.68. The summed E-state index contributed by atoms with van der Waals surface area (Å²) >= 11 is 19.1. The third-order valence-corrected chi connectivity index (χ3v) is 14.4. The Morgan fingerprint density at radius 2 is 0.684 bits per heavy atom. The fraction of sp³-hybridized carbons (Fsp3) is 1.00. The summed E-state index contributed by atoms with van der Waals surface area (Å²) in [5.41, 5.74) is 0. The summed E-state index contributed by atoms with van der Waals surface area (Å²) in [6.45, 7) is 4.01. The van der Waals surface area contributed by atoms with E-state index in [1.165, 1.54) is 30.1 Å². The molecule has 338 valence electrons. The molecular weight excluding hydrogens is 1640 g/mol. The van der Waals surface area contributed by atoms with E-state index in [1.807, 2.05) is 0 Å². The van der Waals surface area contributed by atoms with E-state index in [2.05, 4.69) is 181 Å². The van der Waals surface area contributed by atoms with E-state index in [4.69, 9.17) is 46.6 Å². The molecule has 0 saturated carbocycles. The van der Waals surface area contributed by atoms with Crippen molar-refractivity contribution in [3.63, 3.8) is 0 Å². The molecule has 10 nitrogen and oxygen atoms in total. The Morgan fingerprint density at radius 3 is 1.12 bits per heavy atom. The third kappa shape index (κ3) is 42.7. The van der Waals surface area contributed by atoms with Gasteiger partial charge in [-0.2, -0.15) is 0 Å². The smallest absolute Gasteiger partial charge is 0.386 e. The van der Waals surface area contributed by atoms with Crippen LogP contribution < -0.4 is 0 Å². The number of hydrogen-bond donors (Lipinski definition) is 0. The molecule has 2 unspecified atom stereocenters. The van der Waals surface area contributed by atoms with Gasteiger partial charge in [-0.3, -0.25) is 0 Å². The zero-order valence-electron chi connectivity index (χ0n) is 34.0. The van der Waals surface area contributed by atoms with Crippen LogP contribution in [0.25, 0.3) is 0 Å². The lowest BCUT2D eigenvalue weighted by atomic mass is 10.1. The molecule has 0 aliphatic rings. The van der Waals surface area contributed by atoms with Gasteiger partial charge in [-0.05, 0) is 141 Å². The fourth-order valence-corrected chi connectivity index (χ4v) is 8.96. The highest BCUT2D eigenvalue weighted by Crippen LogP contribution is 2.32. The van der Waals surface area contributed by atoms with Crippen molar-refractivity contribution in [2.24, 2.45) is 0 Å². The SMILES string of the molecule is ICCCCCCOC(CCCCC(I)(OB(OCCCCI)OCCCCI)OB(OCCCCCI)OCCCCCI)OB(OCCCI)OCCCI. The van der Waals surface area contributed by atoms with E-state index in [0.717, 1.165) is 116 Å². The monoisotopic (exact) mass is 1710 g/mol. The predicted octanol–water partition coefficient (Wildman–Crippen LogP) is 13.4. The summed E-state index contributed by atoms with van der Waals surface area (Å²) in [5.74, 6) is 0. The van der Waals surface area contributed by atoms with Crippen molar-refractivity contribution in [1.82, 2.24) is 0 Å². The molecule has 0 heterocycles. The Balaban J connectivity index is 6.03. The first-order chi connectivity index (χ1) is 27.9. The van der Waals surface area contributed by atoms with E-state index in [-0.39, 0.29) is 0 Å². The minimum absolute atomic E-state index is 0.455. The first-order valence-electron chi connectivity index (χ1n) is 20.8. The molecule has 2 atom stereocenters. The van der Waals surface area contributed by atoms with Crippen molar-refractivity contribution in [3.8, 4) is 0 Å². The van der Waals surface area contributed by atoms with E-state index in [9.17, 15) is 0 Å². The van der Waals surface area contributed by atoms with Crippen LogP contribution in [0.5, 0.6) is 0 Å². The van der Waals surface area contributed by atoms with Crippen molar-refractivity contribution >= 4 is 203 Å². The van der Waals surface area contributed by atoms with Gasteiger partial charge in [0.25, 0.3) is 0 Å². The lowest BCUT2D eigenvalue weighted by Crippen LogP contribution is -2.45. The van der Waals surface area contributed by atoms with Crippen LogP contribution >= 0.6 is 181 Å². The van der Waals surface area contributed by atoms with Crippen molar-refractivity contribution in [1.29, 1.82) is 0 Å². The van der Waals surface area contributed by atoms with Crippen LogP contribution in [0.1, 0.15) is 128 Å². The van der Waals surface area contributed by atoms with Crippen LogP contribution in [0.2, 0.25) is 0 Å². The Labute approximate surface area is 458 Å². The van der Waals surface area contributed by atoms with Gasteiger partial charge in [0.15, 0.2) is 0 Å². The molecule has 0 aliphatic carbocycles. The summed E-state index contributed by atoms with van der Waals surface area (Å²) in [6, 6.07) is 0. The van der Waals surface area contributed by atoms with Crippen molar-refractivity contribution < 1.29 is 46.6 Å². The van der Waals surface area contributed by atoms with Crippen LogP contribution in [0.3, 0.4) is 0 Å². The summed E-state index contributed by atoms with van der Waals surface area (Å²) in [5, 5.41) is 0. The average molecular weight is 1710 g/mol. The summed E-state index contributed by atoms with van der Waals surface area (Å²) in [7, 11) is -2.50. The van der Waals surface area contributed by atoms with Crippen LogP contribution in [-0.4, -0.2) is 109 Å². The van der Waals surface area contributed by atoms with Crippen LogP contribution in [0.4, 0.5) is 0 Å². The largest absolute Gasteiger partial charge is 0.642 e. The molecule has 57 heavy (non-hydrogen) atoms. The molecule has 0 aromatic carbocycles. The summed E-state index contributed by atoms with van der Waals surface area (Å²) < 4.78 is 69.6. The molecule has 0 amide bonds. The molecule has 0 N–H and O–H groups in total. The molecule has 0 fully saturated rings. The summed E-state index contributed by atoms with van der Waals surface area (Å²) in [4.78, 5) is 0. The van der Waals surface area contributed by atoms with Crippen LogP contribution in [0.15, 0.2) is 0 Å². The zero-order chi connectivity index (χ0) is 41.9. The van der Waals surface area contributed by atoms with Gasteiger partial charge in [0.1, 0.15) is 6.29 Å². The molecule has 21 heteroatoms. The molecular formula is C36H69B3I8O10. The predicted molar refractivity (Wildman–Crippen MR) is 307 cm³/mol. The van der Waals surface area contributed by atoms with Gasteiger partial charge in [0.05, 0.1) is 0 Å². The van der Waals surface area contributed by atoms with Crippen molar-refractivity contribution in [3.05, 3.63) is 0 Å². The first kappa shape index (κ1) is 62.6. The molecule has 0 aromatic rings. The van der Waals surface area contributed by atoms with Crippen molar-refractivity contribution in [2.45, 2.75) is 139 Å². The van der Waals surface area contributed by atoms with Gasteiger partial charge < -0.3 is 46.6 Å². The number of unbranched alkanes of at least 4 members (excludes halogenated alkanes) is 10. The Kier molecular flexibility index (Phi) is 54.4. The molecule has 0 bridgehead atoms. The molecule has 0 radical (unpaired) electrons. The molecule has 0 saturated heterocycles. The normalized spacial score (nSPS) is 13.3. The highest BCUT2D eigenvalue weighted by molar-refractivity contribution is 14.1. The zero-order valence-corrected chi connectivity index (χ0v) is 51.2. The fourth-order valence-electron chi connectivity index (χ4n) is 4.84. The minimum atomic E-state index is -1.13. The highest BCUT2D eigenvalue weighted by Gasteiger charge is 2.42. The van der Waals surface area contributed by atoms with Gasteiger partial charge >= 0.3 is 22.0 Å². The van der Waals surface area contributed by atoms with E-state index < -0.39 is 32.0 Å². The second kappa shape index (κ2) is 49.5. The van der Waals surface area contributed by atoms with Crippen molar-refractivity contribution in [2.75, 3.05) is 77.2 Å². The number of halogens is 8. The number of ether oxygens (including phenoxy) is 1. The number of hydrogen-bond acceptors (Lipinski definition) is 10.